The maximum absolute atomic E-state index is 12.0. The Morgan fingerprint density at radius 3 is 2.65 bits per heavy atom. The summed E-state index contributed by atoms with van der Waals surface area (Å²) in [4.78, 5) is 23.9. The van der Waals surface area contributed by atoms with E-state index in [1.165, 1.54) is 38.5 Å². The number of amides is 1. The Kier molecular flexibility index (Phi) is 10.5. The first-order valence-electron chi connectivity index (χ1n) is 11.8. The van der Waals surface area contributed by atoms with Gasteiger partial charge in [0.1, 0.15) is 11.3 Å². The highest BCUT2D eigenvalue weighted by Gasteiger charge is 2.36. The number of hydrogen-bond donors (Lipinski definition) is 2. The fraction of sp³-hybridized carbons (Fsp3) is 0.680. The van der Waals surface area contributed by atoms with Crippen LogP contribution >= 0.6 is 0 Å². The highest BCUT2D eigenvalue weighted by Crippen LogP contribution is 2.30. The third-order valence-electron chi connectivity index (χ3n) is 5.84. The minimum absolute atomic E-state index is 0.121. The molecule has 1 fully saturated rings. The molecular weight excluding hydrogens is 394 g/mol. The normalized spacial score (nSPS) is 26.3. The van der Waals surface area contributed by atoms with Gasteiger partial charge in [-0.3, -0.25) is 4.79 Å². The number of rotatable bonds is 15. The molecule has 1 amide bonds. The molecule has 0 bridgehead atoms. The van der Waals surface area contributed by atoms with Gasteiger partial charge in [0.05, 0.1) is 24.7 Å². The van der Waals surface area contributed by atoms with Gasteiger partial charge in [-0.25, -0.2) is 4.79 Å². The average molecular weight is 434 g/mol. The fourth-order valence-electron chi connectivity index (χ4n) is 3.63. The van der Waals surface area contributed by atoms with E-state index >= 15 is 0 Å². The van der Waals surface area contributed by atoms with Crippen LogP contribution in [0.2, 0.25) is 0 Å². The lowest BCUT2D eigenvalue weighted by atomic mass is 10.0. The summed E-state index contributed by atoms with van der Waals surface area (Å²) in [7, 11) is 0. The van der Waals surface area contributed by atoms with Crippen molar-refractivity contribution in [3.63, 3.8) is 0 Å². The standard InChI is InChI=1S/C25H39NO5/c1-4-6-7-8-9-12-15-21-22(30-21)16-13-10-11-14-19(27)17-23(28)26-20-18-25(3,5-2)31-24(20)29/h10-11,13-14,18-19,21-22,27H,4-9,12,15-17H2,1-3H3,(H,26,28)/b13-10+,14-11-/t19?,21-,22+,25+/m1/s1. The molecular formula is C25H39NO5. The van der Waals surface area contributed by atoms with Gasteiger partial charge in [0.2, 0.25) is 5.91 Å². The van der Waals surface area contributed by atoms with Gasteiger partial charge in [-0.05, 0) is 32.3 Å². The Morgan fingerprint density at radius 1 is 1.19 bits per heavy atom. The summed E-state index contributed by atoms with van der Waals surface area (Å²) >= 11 is 0. The lowest BCUT2D eigenvalue weighted by Crippen LogP contribution is -2.28. The van der Waals surface area contributed by atoms with Crippen LogP contribution in [0.4, 0.5) is 0 Å². The smallest absolute Gasteiger partial charge is 0.355 e. The summed E-state index contributed by atoms with van der Waals surface area (Å²) < 4.78 is 10.9. The molecule has 0 saturated carbocycles. The average Bonchev–Trinajstić information content (AvgIpc) is 3.40. The summed E-state index contributed by atoms with van der Waals surface area (Å²) in [5.74, 6) is -0.962. The van der Waals surface area contributed by atoms with Crippen LogP contribution in [0.3, 0.4) is 0 Å². The van der Waals surface area contributed by atoms with Crippen molar-refractivity contribution < 1.29 is 24.2 Å². The maximum atomic E-state index is 12.0. The van der Waals surface area contributed by atoms with Crippen molar-refractivity contribution in [1.29, 1.82) is 0 Å². The molecule has 1 unspecified atom stereocenters. The van der Waals surface area contributed by atoms with Crippen molar-refractivity contribution in [2.45, 2.75) is 109 Å². The van der Waals surface area contributed by atoms with E-state index in [0.29, 0.717) is 18.6 Å². The number of ether oxygens (including phenoxy) is 2. The Hall–Kier alpha value is -1.92. The molecule has 2 aliphatic heterocycles. The minimum Gasteiger partial charge on any atom is -0.450 e. The maximum Gasteiger partial charge on any atom is 0.355 e. The second-order valence-electron chi connectivity index (χ2n) is 8.75. The largest absolute Gasteiger partial charge is 0.450 e. The first kappa shape index (κ1) is 25.3. The third kappa shape index (κ3) is 9.40. The van der Waals surface area contributed by atoms with Crippen LogP contribution in [-0.2, 0) is 19.1 Å². The molecule has 2 heterocycles. The first-order chi connectivity index (χ1) is 14.9. The monoisotopic (exact) mass is 433 g/mol. The van der Waals surface area contributed by atoms with Crippen LogP contribution in [0, 0.1) is 0 Å². The van der Waals surface area contributed by atoms with E-state index < -0.39 is 23.6 Å². The number of nitrogens with one attached hydrogen (secondary N) is 1. The lowest BCUT2D eigenvalue weighted by Gasteiger charge is -2.17. The number of epoxide rings is 1. The topological polar surface area (TPSA) is 88.2 Å². The van der Waals surface area contributed by atoms with E-state index in [2.05, 4.69) is 12.2 Å². The Bertz CT molecular complexity index is 683. The molecule has 4 atom stereocenters. The lowest BCUT2D eigenvalue weighted by molar-refractivity contribution is -0.146. The molecule has 2 aliphatic rings. The number of aliphatic hydroxyl groups is 1. The van der Waals surface area contributed by atoms with Crippen molar-refractivity contribution in [2.75, 3.05) is 0 Å². The molecule has 0 aromatic heterocycles. The van der Waals surface area contributed by atoms with Crippen LogP contribution in [0.15, 0.2) is 36.1 Å². The molecule has 0 spiro atoms. The van der Waals surface area contributed by atoms with Crippen molar-refractivity contribution in [1.82, 2.24) is 5.32 Å². The SMILES string of the molecule is CCCCCCCC[C@H]1O[C@H]1C/C=C/C=C\C(O)CC(=O)NC1=C[C@](C)(CC)OC1=O. The van der Waals surface area contributed by atoms with Gasteiger partial charge < -0.3 is 19.9 Å². The second kappa shape index (κ2) is 12.8. The molecule has 0 radical (unpaired) electrons. The van der Waals surface area contributed by atoms with Gasteiger partial charge in [0.15, 0.2) is 0 Å². The van der Waals surface area contributed by atoms with Gasteiger partial charge >= 0.3 is 5.97 Å². The van der Waals surface area contributed by atoms with Gasteiger partial charge in [-0.1, -0.05) is 76.7 Å². The van der Waals surface area contributed by atoms with E-state index in [9.17, 15) is 14.7 Å². The van der Waals surface area contributed by atoms with Crippen LogP contribution in [0.5, 0.6) is 0 Å². The predicted molar refractivity (Wildman–Crippen MR) is 121 cm³/mol. The zero-order chi connectivity index (χ0) is 22.7. The molecule has 0 aromatic rings. The van der Waals surface area contributed by atoms with Crippen LogP contribution < -0.4 is 5.32 Å². The zero-order valence-corrected chi connectivity index (χ0v) is 19.3. The summed E-state index contributed by atoms with van der Waals surface area (Å²) in [6.45, 7) is 5.93. The summed E-state index contributed by atoms with van der Waals surface area (Å²) in [6, 6.07) is 0. The summed E-state index contributed by atoms with van der Waals surface area (Å²) in [6.07, 6.45) is 19.0. The first-order valence-corrected chi connectivity index (χ1v) is 11.8. The Balaban J connectivity index is 1.56. The zero-order valence-electron chi connectivity index (χ0n) is 19.3. The van der Waals surface area contributed by atoms with E-state index in [-0.39, 0.29) is 12.1 Å². The number of carbonyl (C=O) groups is 2. The number of aliphatic hydroxyl groups excluding tert-OH is 1. The molecule has 6 heteroatoms. The minimum atomic E-state index is -0.919. The number of allylic oxidation sites excluding steroid dienone is 2. The molecule has 174 valence electrons. The predicted octanol–water partition coefficient (Wildman–Crippen LogP) is 4.48. The van der Waals surface area contributed by atoms with Gasteiger partial charge in [-0.15, -0.1) is 0 Å². The third-order valence-corrected chi connectivity index (χ3v) is 5.84. The van der Waals surface area contributed by atoms with Gasteiger partial charge in [0, 0.05) is 0 Å². The summed E-state index contributed by atoms with van der Waals surface area (Å²) in [5, 5.41) is 12.5. The molecule has 0 aromatic carbocycles. The van der Waals surface area contributed by atoms with Crippen LogP contribution in [0.1, 0.15) is 85.0 Å². The Morgan fingerprint density at radius 2 is 1.94 bits per heavy atom. The molecule has 1 saturated heterocycles. The quantitative estimate of drug-likeness (QED) is 0.172. The number of unbranched alkanes of at least 4 members (excludes halogenated alkanes) is 5. The number of esters is 1. The fourth-order valence-corrected chi connectivity index (χ4v) is 3.63. The van der Waals surface area contributed by atoms with Gasteiger partial charge in [-0.2, -0.15) is 0 Å². The van der Waals surface area contributed by atoms with E-state index in [4.69, 9.17) is 9.47 Å². The number of carbonyl (C=O) groups excluding carboxylic acids is 2. The Labute approximate surface area is 186 Å². The molecule has 2 N–H and O–H groups in total. The molecule has 6 nitrogen and oxygen atoms in total. The number of hydrogen-bond acceptors (Lipinski definition) is 5. The molecule has 0 aliphatic carbocycles. The van der Waals surface area contributed by atoms with Crippen molar-refractivity contribution >= 4 is 11.9 Å². The second-order valence-corrected chi connectivity index (χ2v) is 8.75. The highest BCUT2D eigenvalue weighted by molar-refractivity contribution is 5.96. The summed E-state index contributed by atoms with van der Waals surface area (Å²) in [5.41, 5.74) is -0.535. The van der Waals surface area contributed by atoms with E-state index in [1.54, 1.807) is 25.2 Å². The van der Waals surface area contributed by atoms with E-state index in [1.807, 2.05) is 19.1 Å². The molecule has 31 heavy (non-hydrogen) atoms. The highest BCUT2D eigenvalue weighted by atomic mass is 16.6. The van der Waals surface area contributed by atoms with Gasteiger partial charge in [0.25, 0.3) is 0 Å². The van der Waals surface area contributed by atoms with E-state index in [0.717, 1.165) is 12.8 Å². The van der Waals surface area contributed by atoms with Crippen molar-refractivity contribution in [3.05, 3.63) is 36.1 Å². The van der Waals surface area contributed by atoms with Crippen LogP contribution in [0.25, 0.3) is 0 Å². The van der Waals surface area contributed by atoms with Crippen molar-refractivity contribution in [3.8, 4) is 0 Å². The number of cyclic esters (lactones) is 1. The molecule has 2 rings (SSSR count). The van der Waals surface area contributed by atoms with Crippen molar-refractivity contribution in [2.24, 2.45) is 0 Å². The van der Waals surface area contributed by atoms with Crippen LogP contribution in [-0.4, -0.2) is 40.9 Å².